The molecule has 3 aromatic rings. The molecule has 4 rings (SSSR count). The summed E-state index contributed by atoms with van der Waals surface area (Å²) in [5, 5.41) is 25.2. The minimum absolute atomic E-state index is 0.224. The Labute approximate surface area is 176 Å². The first-order valence-electron chi connectivity index (χ1n) is 10.0. The monoisotopic (exact) mass is 397 g/mol. The molecule has 1 fully saturated rings. The van der Waals surface area contributed by atoms with Gasteiger partial charge < -0.3 is 15.4 Å². The van der Waals surface area contributed by atoms with E-state index in [9.17, 15) is 5.26 Å². The van der Waals surface area contributed by atoms with Gasteiger partial charge in [-0.15, -0.1) is 0 Å². The van der Waals surface area contributed by atoms with Gasteiger partial charge in [-0.25, -0.2) is 0 Å². The van der Waals surface area contributed by atoms with Crippen LogP contribution in [0.5, 0.6) is 11.5 Å². The minimum atomic E-state index is 0.224. The molecule has 30 heavy (non-hydrogen) atoms. The number of piperidine rings is 1. The van der Waals surface area contributed by atoms with E-state index in [4.69, 9.17) is 10.1 Å². The molecule has 2 aromatic carbocycles. The van der Waals surface area contributed by atoms with Gasteiger partial charge >= 0.3 is 0 Å². The van der Waals surface area contributed by atoms with Crippen molar-refractivity contribution in [3.05, 3.63) is 83.7 Å². The van der Waals surface area contributed by atoms with Crippen LogP contribution in [0.25, 0.3) is 0 Å². The molecule has 1 saturated heterocycles. The van der Waals surface area contributed by atoms with E-state index < -0.39 is 0 Å². The molecule has 6 heteroatoms. The number of aromatic nitrogens is 1. The molecule has 1 atom stereocenters. The number of pyridine rings is 1. The normalized spacial score (nSPS) is 15.8. The molecular weight excluding hydrogens is 374 g/mol. The number of nitriles is 1. The molecule has 1 aliphatic rings. The van der Waals surface area contributed by atoms with Crippen molar-refractivity contribution >= 4 is 11.4 Å². The summed E-state index contributed by atoms with van der Waals surface area (Å²) >= 11 is 0. The first-order chi connectivity index (χ1) is 14.7. The van der Waals surface area contributed by atoms with Crippen molar-refractivity contribution in [3.63, 3.8) is 0 Å². The Balaban J connectivity index is 1.57. The Morgan fingerprint density at radius 2 is 1.87 bits per heavy atom. The highest BCUT2D eigenvalue weighted by Crippen LogP contribution is 2.26. The number of rotatable bonds is 6. The number of anilines is 1. The molecule has 0 radical (unpaired) electrons. The highest BCUT2D eigenvalue weighted by Gasteiger charge is 2.19. The predicted molar refractivity (Wildman–Crippen MR) is 117 cm³/mol. The van der Waals surface area contributed by atoms with Crippen LogP contribution in [0.1, 0.15) is 29.5 Å². The third-order valence-corrected chi connectivity index (χ3v) is 5.10. The van der Waals surface area contributed by atoms with Gasteiger partial charge in [0.1, 0.15) is 17.6 Å². The fourth-order valence-electron chi connectivity index (χ4n) is 3.54. The summed E-state index contributed by atoms with van der Waals surface area (Å²) in [6.45, 7) is 1.85. The quantitative estimate of drug-likeness (QED) is 0.539. The van der Waals surface area contributed by atoms with Crippen molar-refractivity contribution < 1.29 is 4.74 Å². The van der Waals surface area contributed by atoms with Crippen LogP contribution >= 0.6 is 0 Å². The molecule has 0 bridgehead atoms. The number of hydrogen-bond donors (Lipinski definition) is 3. The lowest BCUT2D eigenvalue weighted by Crippen LogP contribution is -2.39. The lowest BCUT2D eigenvalue weighted by atomic mass is 9.99. The highest BCUT2D eigenvalue weighted by atomic mass is 16.5. The van der Waals surface area contributed by atoms with Gasteiger partial charge in [0.2, 0.25) is 0 Å². The maximum Gasteiger partial charge on any atom is 0.127 e. The van der Waals surface area contributed by atoms with Crippen LogP contribution < -0.4 is 15.4 Å². The minimum Gasteiger partial charge on any atom is -0.457 e. The van der Waals surface area contributed by atoms with Crippen molar-refractivity contribution in [2.24, 2.45) is 0 Å². The number of nitrogens with one attached hydrogen (secondary N) is 3. The molecule has 2 heterocycles. The highest BCUT2D eigenvalue weighted by molar-refractivity contribution is 6.14. The molecule has 150 valence electrons. The topological polar surface area (TPSA) is 93.8 Å². The van der Waals surface area contributed by atoms with Crippen LogP contribution in [0, 0.1) is 16.7 Å². The van der Waals surface area contributed by atoms with Gasteiger partial charge in [-0.05, 0) is 55.8 Å². The van der Waals surface area contributed by atoms with Crippen LogP contribution in [0.15, 0.2) is 67.0 Å². The van der Waals surface area contributed by atoms with Crippen LogP contribution in [0.4, 0.5) is 5.69 Å². The summed E-state index contributed by atoms with van der Waals surface area (Å²) in [6, 6.07) is 19.4. The van der Waals surface area contributed by atoms with Crippen molar-refractivity contribution in [2.75, 3.05) is 18.4 Å². The smallest absolute Gasteiger partial charge is 0.127 e. The fraction of sp³-hybridized carbons (Fsp3) is 0.208. The van der Waals surface area contributed by atoms with E-state index >= 15 is 0 Å². The number of para-hydroxylation sites is 1. The predicted octanol–water partition coefficient (Wildman–Crippen LogP) is 4.33. The van der Waals surface area contributed by atoms with Gasteiger partial charge in [-0.3, -0.25) is 10.4 Å². The molecule has 6 nitrogen and oxygen atoms in total. The first kappa shape index (κ1) is 19.6. The van der Waals surface area contributed by atoms with Gasteiger partial charge in [-0.2, -0.15) is 5.26 Å². The Morgan fingerprint density at radius 1 is 1.10 bits per heavy atom. The van der Waals surface area contributed by atoms with Crippen molar-refractivity contribution in [3.8, 4) is 17.6 Å². The van der Waals surface area contributed by atoms with E-state index in [0.717, 1.165) is 37.2 Å². The average Bonchev–Trinajstić information content (AvgIpc) is 2.81. The zero-order chi connectivity index (χ0) is 20.8. The number of hydrogen-bond acceptors (Lipinski definition) is 6. The lowest BCUT2D eigenvalue weighted by molar-refractivity contribution is 0.480. The Bertz CT molecular complexity index is 1050. The van der Waals surface area contributed by atoms with Crippen molar-refractivity contribution in [1.29, 1.82) is 10.7 Å². The average molecular weight is 397 g/mol. The summed E-state index contributed by atoms with van der Waals surface area (Å²) in [7, 11) is 0. The second kappa shape index (κ2) is 9.21. The van der Waals surface area contributed by atoms with E-state index in [1.165, 1.54) is 0 Å². The largest absolute Gasteiger partial charge is 0.457 e. The lowest BCUT2D eigenvalue weighted by Gasteiger charge is -2.26. The Hall–Kier alpha value is -3.69. The molecule has 1 aromatic heterocycles. The molecule has 3 N–H and O–H groups in total. The Kier molecular flexibility index (Phi) is 6.02. The summed E-state index contributed by atoms with van der Waals surface area (Å²) in [6.07, 6.45) is 5.31. The summed E-state index contributed by atoms with van der Waals surface area (Å²) in [4.78, 5) is 4.19. The van der Waals surface area contributed by atoms with Crippen molar-refractivity contribution in [1.82, 2.24) is 10.3 Å². The van der Waals surface area contributed by atoms with Crippen LogP contribution in [-0.2, 0) is 0 Å². The zero-order valence-electron chi connectivity index (χ0n) is 16.6. The third-order valence-electron chi connectivity index (χ3n) is 5.10. The van der Waals surface area contributed by atoms with Gasteiger partial charge in [-0.1, -0.05) is 18.2 Å². The van der Waals surface area contributed by atoms with E-state index in [-0.39, 0.29) is 6.04 Å². The summed E-state index contributed by atoms with van der Waals surface area (Å²) in [5.74, 6) is 1.46. The Morgan fingerprint density at radius 3 is 2.57 bits per heavy atom. The first-order valence-corrected chi connectivity index (χ1v) is 10.0. The summed E-state index contributed by atoms with van der Waals surface area (Å²) < 4.78 is 5.83. The van der Waals surface area contributed by atoms with Crippen LogP contribution in [-0.4, -0.2) is 29.8 Å². The third kappa shape index (κ3) is 4.48. The summed E-state index contributed by atoms with van der Waals surface area (Å²) in [5.41, 5.74) is 2.80. The standard InChI is InChI=1S/C24H23N5O/c25-13-18-14-28-16-22(24(18)29-19-5-4-12-27-15-19)23(26)17-8-10-21(11-9-17)30-20-6-2-1-3-7-20/h1-3,6-11,14,16,19,26-27H,4-5,12,15H2,(H,28,29). The van der Waals surface area contributed by atoms with Crippen molar-refractivity contribution in [2.45, 2.75) is 18.9 Å². The molecular formula is C24H23N5O. The SMILES string of the molecule is N#Cc1cncc(C(=N)c2ccc(Oc3ccccc3)cc2)c1NC1CCCNC1. The molecule has 1 aliphatic heterocycles. The van der Waals surface area contributed by atoms with Gasteiger partial charge in [0.15, 0.2) is 0 Å². The molecule has 0 saturated carbocycles. The van der Waals surface area contributed by atoms with E-state index in [1.807, 2.05) is 54.6 Å². The number of benzene rings is 2. The number of ether oxygens (including phenoxy) is 1. The molecule has 0 aliphatic carbocycles. The second-order valence-electron chi connectivity index (χ2n) is 7.22. The van der Waals surface area contributed by atoms with Crippen LogP contribution in [0.3, 0.4) is 0 Å². The fourth-order valence-corrected chi connectivity index (χ4v) is 3.54. The van der Waals surface area contributed by atoms with Crippen LogP contribution in [0.2, 0.25) is 0 Å². The molecule has 1 unspecified atom stereocenters. The van der Waals surface area contributed by atoms with E-state index in [2.05, 4.69) is 21.7 Å². The second-order valence-corrected chi connectivity index (χ2v) is 7.22. The number of nitrogens with zero attached hydrogens (tertiary/aromatic N) is 2. The van der Waals surface area contributed by atoms with E-state index in [0.29, 0.717) is 28.3 Å². The van der Waals surface area contributed by atoms with E-state index in [1.54, 1.807) is 12.4 Å². The van der Waals surface area contributed by atoms with Gasteiger partial charge in [0, 0.05) is 36.1 Å². The zero-order valence-corrected chi connectivity index (χ0v) is 16.6. The molecule has 0 amide bonds. The van der Waals surface area contributed by atoms with Gasteiger partial charge in [0.05, 0.1) is 17.0 Å². The molecule has 0 spiro atoms. The van der Waals surface area contributed by atoms with Gasteiger partial charge in [0.25, 0.3) is 0 Å². The maximum absolute atomic E-state index is 9.57. The maximum atomic E-state index is 9.57.